The molecule has 0 saturated carbocycles. The maximum atomic E-state index is 13.9. The molecule has 3 aliphatic rings. The Bertz CT molecular complexity index is 1820. The molecule has 3 aromatic carbocycles. The van der Waals surface area contributed by atoms with E-state index in [1.165, 1.54) is 14.2 Å². The molecule has 57 heavy (non-hydrogen) atoms. The Hall–Kier alpha value is -3.87. The third kappa shape index (κ3) is 9.88. The lowest BCUT2D eigenvalue weighted by molar-refractivity contribution is -0.320. The second-order valence-corrected chi connectivity index (χ2v) is 14.8. The summed E-state index contributed by atoms with van der Waals surface area (Å²) in [6.45, 7) is 1.77. The van der Waals surface area contributed by atoms with Crippen LogP contribution in [0.3, 0.4) is 0 Å². The monoisotopic (exact) mass is 853 g/mol. The lowest BCUT2D eigenvalue weighted by Gasteiger charge is -2.45. The van der Waals surface area contributed by atoms with Gasteiger partial charge in [0, 0.05) is 27.2 Å². The Morgan fingerprint density at radius 3 is 2.05 bits per heavy atom. The number of imide groups is 1. The summed E-state index contributed by atoms with van der Waals surface area (Å²) in [5, 5.41) is 22.1. The van der Waals surface area contributed by atoms with Gasteiger partial charge >= 0.3 is 6.09 Å². The van der Waals surface area contributed by atoms with Crippen molar-refractivity contribution in [2.75, 3.05) is 27.4 Å². The molecule has 306 valence electrons. The van der Waals surface area contributed by atoms with Crippen molar-refractivity contribution in [2.45, 2.75) is 93.8 Å². The van der Waals surface area contributed by atoms with E-state index in [1.54, 1.807) is 31.2 Å². The number of carbonyl (C=O) groups excluding carboxylic acids is 3. The first kappa shape index (κ1) is 42.7. The summed E-state index contributed by atoms with van der Waals surface area (Å²) in [7, 11) is 2.68. The third-order valence-corrected chi connectivity index (χ3v) is 11.0. The van der Waals surface area contributed by atoms with E-state index >= 15 is 0 Å². The Kier molecular flexibility index (Phi) is 14.8. The van der Waals surface area contributed by atoms with Crippen molar-refractivity contribution in [3.63, 3.8) is 0 Å². The quantitative estimate of drug-likeness (QED) is 0.179. The zero-order valence-corrected chi connectivity index (χ0v) is 33.5. The zero-order chi connectivity index (χ0) is 40.5. The van der Waals surface area contributed by atoms with Crippen molar-refractivity contribution in [2.24, 2.45) is 0 Å². The SMILES string of the molecule is CO[C@H]1O[C@H](CO)[C@@H](OCc2ccccc2)[C@H](OCc2ccccc2)[C@@H]1OCCC[C@]1(O)O[C@H]([C@@H](OC)C(=O)N2C(=O)O[C@@H](c3ccccc3)[C@H]2C)C(=O)C=C1Br. The Morgan fingerprint density at radius 2 is 1.47 bits per heavy atom. The maximum absolute atomic E-state index is 13.9. The number of methoxy groups -OCH3 is 2. The molecule has 6 rings (SSSR count). The van der Waals surface area contributed by atoms with Crippen LogP contribution in [0.25, 0.3) is 0 Å². The van der Waals surface area contributed by atoms with Gasteiger partial charge in [-0.15, -0.1) is 0 Å². The number of halogens is 1. The van der Waals surface area contributed by atoms with Crippen LogP contribution in [0, 0.1) is 0 Å². The molecule has 0 unspecified atom stereocenters. The predicted molar refractivity (Wildman–Crippen MR) is 206 cm³/mol. The van der Waals surface area contributed by atoms with Crippen molar-refractivity contribution in [1.29, 1.82) is 0 Å². The number of carbonyl (C=O) groups is 3. The second kappa shape index (κ2) is 19.7. The van der Waals surface area contributed by atoms with Crippen LogP contribution in [-0.4, -0.2) is 115 Å². The van der Waals surface area contributed by atoms with Gasteiger partial charge in [-0.1, -0.05) is 91.0 Å². The van der Waals surface area contributed by atoms with E-state index in [2.05, 4.69) is 15.9 Å². The fourth-order valence-corrected chi connectivity index (χ4v) is 7.73. The van der Waals surface area contributed by atoms with Gasteiger partial charge in [0.1, 0.15) is 30.5 Å². The molecule has 2 N–H and O–H groups in total. The topological polar surface area (TPSA) is 169 Å². The first-order valence-corrected chi connectivity index (χ1v) is 19.5. The van der Waals surface area contributed by atoms with Gasteiger partial charge in [0.05, 0.1) is 30.3 Å². The summed E-state index contributed by atoms with van der Waals surface area (Å²) in [6, 6.07) is 27.4. The number of aliphatic hydroxyl groups is 2. The average Bonchev–Trinajstić information content (AvgIpc) is 3.53. The zero-order valence-electron chi connectivity index (χ0n) is 31.9. The lowest BCUT2D eigenvalue weighted by Crippen LogP contribution is -2.61. The molecule has 0 radical (unpaired) electrons. The summed E-state index contributed by atoms with van der Waals surface area (Å²) in [5.41, 5.74) is 2.53. The number of hydrogen-bond acceptors (Lipinski definition) is 13. The largest absolute Gasteiger partial charge is 0.439 e. The molecule has 3 aromatic rings. The number of aliphatic hydroxyl groups excluding tert-OH is 1. The molecular weight excluding hydrogens is 806 g/mol. The predicted octanol–water partition coefficient (Wildman–Crippen LogP) is 4.75. The highest BCUT2D eigenvalue weighted by atomic mass is 79.9. The van der Waals surface area contributed by atoms with E-state index in [4.69, 9.17) is 37.9 Å². The number of hydrogen-bond donors (Lipinski definition) is 2. The van der Waals surface area contributed by atoms with Gasteiger partial charge in [-0.25, -0.2) is 9.69 Å². The fraction of sp³-hybridized carbons (Fsp3) is 0.452. The molecule has 0 bridgehead atoms. The molecule has 2 amide bonds. The molecule has 10 atom stereocenters. The minimum atomic E-state index is -2.07. The molecule has 0 aliphatic carbocycles. The minimum absolute atomic E-state index is 0.0312. The van der Waals surface area contributed by atoms with Gasteiger partial charge in [0.2, 0.25) is 0 Å². The lowest BCUT2D eigenvalue weighted by atomic mass is 9.97. The number of nitrogens with zero attached hydrogens (tertiary/aromatic N) is 1. The van der Waals surface area contributed by atoms with E-state index in [0.717, 1.165) is 22.1 Å². The Labute approximate surface area is 339 Å². The summed E-state index contributed by atoms with van der Waals surface area (Å²) < 4.78 is 48.1. The van der Waals surface area contributed by atoms with Gasteiger partial charge < -0.3 is 48.1 Å². The number of ether oxygens (including phenoxy) is 8. The standard InChI is InChI=1S/C42H48BrNO13/c1-26-33(29-18-11-6-12-19-29)56-41(48)44(26)39(47)37(50-2)34-30(46)22-32(43)42(49,57-34)20-13-21-52-38-36(54-25-28-16-9-5-10-17-28)35(31(23-45)55-40(38)51-3)53-24-27-14-7-4-8-15-27/h4-12,14-19,22,26,31,33-38,40,45,49H,13,20-21,23-25H2,1-3H3/t26-,31-,33-,34+,35-,36+,37-,38+,40+,42+/m1/s1. The van der Waals surface area contributed by atoms with Crippen LogP contribution < -0.4 is 0 Å². The normalized spacial score (nSPS) is 29.5. The van der Waals surface area contributed by atoms with E-state index in [0.29, 0.717) is 5.56 Å². The molecule has 3 aliphatic heterocycles. The van der Waals surface area contributed by atoms with Crippen LogP contribution in [-0.2, 0) is 60.7 Å². The number of ketones is 1. The average molecular weight is 855 g/mol. The van der Waals surface area contributed by atoms with E-state index in [1.807, 2.05) is 66.7 Å². The number of amides is 2. The van der Waals surface area contributed by atoms with E-state index in [9.17, 15) is 24.6 Å². The molecule has 15 heteroatoms. The van der Waals surface area contributed by atoms with E-state index < -0.39 is 78.6 Å². The van der Waals surface area contributed by atoms with Crippen molar-refractivity contribution < 1.29 is 62.5 Å². The van der Waals surface area contributed by atoms with Gasteiger partial charge in [0.25, 0.3) is 5.91 Å². The first-order valence-electron chi connectivity index (χ1n) is 18.7. The summed E-state index contributed by atoms with van der Waals surface area (Å²) in [6.07, 6.45) is -7.67. The van der Waals surface area contributed by atoms with Crippen LogP contribution in [0.2, 0.25) is 0 Å². The summed E-state index contributed by atoms with van der Waals surface area (Å²) >= 11 is 3.28. The van der Waals surface area contributed by atoms with Gasteiger partial charge in [-0.3, -0.25) is 9.59 Å². The highest BCUT2D eigenvalue weighted by molar-refractivity contribution is 9.11. The second-order valence-electron chi connectivity index (χ2n) is 14.0. The van der Waals surface area contributed by atoms with Crippen molar-refractivity contribution in [3.05, 3.63) is 118 Å². The van der Waals surface area contributed by atoms with Crippen molar-refractivity contribution >= 4 is 33.7 Å². The van der Waals surface area contributed by atoms with Crippen LogP contribution in [0.5, 0.6) is 0 Å². The van der Waals surface area contributed by atoms with Gasteiger partial charge in [0.15, 0.2) is 30.1 Å². The summed E-state index contributed by atoms with van der Waals surface area (Å²) in [5.74, 6) is -3.57. The maximum Gasteiger partial charge on any atom is 0.417 e. The van der Waals surface area contributed by atoms with Crippen molar-refractivity contribution in [3.8, 4) is 0 Å². The highest BCUT2D eigenvalue weighted by Crippen LogP contribution is 2.38. The number of cyclic esters (lactones) is 1. The highest BCUT2D eigenvalue weighted by Gasteiger charge is 2.52. The van der Waals surface area contributed by atoms with Crippen LogP contribution in [0.4, 0.5) is 4.79 Å². The molecule has 0 aromatic heterocycles. The first-order chi connectivity index (χ1) is 27.6. The molecule has 2 fully saturated rings. The van der Waals surface area contributed by atoms with E-state index in [-0.39, 0.29) is 43.8 Å². The summed E-state index contributed by atoms with van der Waals surface area (Å²) in [4.78, 5) is 41.0. The van der Waals surface area contributed by atoms with Crippen LogP contribution >= 0.6 is 15.9 Å². The van der Waals surface area contributed by atoms with Gasteiger partial charge in [-0.2, -0.15) is 0 Å². The molecule has 2 saturated heterocycles. The molecular formula is C42H48BrNO13. The van der Waals surface area contributed by atoms with Crippen LogP contribution in [0.1, 0.15) is 42.6 Å². The Morgan fingerprint density at radius 1 is 0.877 bits per heavy atom. The van der Waals surface area contributed by atoms with Gasteiger partial charge in [-0.05, 0) is 52.0 Å². The molecule has 3 heterocycles. The van der Waals surface area contributed by atoms with Crippen LogP contribution in [0.15, 0.2) is 102 Å². The third-order valence-electron chi connectivity index (χ3n) is 10.2. The smallest absolute Gasteiger partial charge is 0.417 e. The number of benzene rings is 3. The fourth-order valence-electron chi connectivity index (χ4n) is 7.22. The minimum Gasteiger partial charge on any atom is -0.439 e. The van der Waals surface area contributed by atoms with Crippen molar-refractivity contribution in [1.82, 2.24) is 4.90 Å². The number of rotatable bonds is 17. The molecule has 14 nitrogen and oxygen atoms in total. The Balaban J connectivity index is 1.14. The molecule has 0 spiro atoms.